The summed E-state index contributed by atoms with van der Waals surface area (Å²) in [5.74, 6) is 0.936. The van der Waals surface area contributed by atoms with Gasteiger partial charge in [0.25, 0.3) is 0 Å². The zero-order valence-electron chi connectivity index (χ0n) is 13.4. The van der Waals surface area contributed by atoms with Crippen molar-refractivity contribution in [1.82, 2.24) is 0 Å². The lowest BCUT2D eigenvalue weighted by molar-refractivity contribution is 0.202. The summed E-state index contributed by atoms with van der Waals surface area (Å²) in [5.41, 5.74) is 1.33. The summed E-state index contributed by atoms with van der Waals surface area (Å²) in [6.45, 7) is 5.78. The summed E-state index contributed by atoms with van der Waals surface area (Å²) in [4.78, 5) is 0. The molecule has 2 rings (SSSR count). The molecule has 0 aromatic heterocycles. The first-order valence-corrected chi connectivity index (χ1v) is 8.22. The number of allylic oxidation sites excluding steroid dienone is 2. The summed E-state index contributed by atoms with van der Waals surface area (Å²) in [5, 5.41) is 0. The van der Waals surface area contributed by atoms with Gasteiger partial charge in [0.05, 0.1) is 6.61 Å². The highest BCUT2D eigenvalue weighted by atomic mass is 16.6. The third-order valence-corrected chi connectivity index (χ3v) is 3.85. The van der Waals surface area contributed by atoms with E-state index >= 15 is 0 Å². The van der Waals surface area contributed by atoms with Crippen LogP contribution in [0.25, 0.3) is 0 Å². The minimum Gasteiger partial charge on any atom is -0.491 e. The number of unbranched alkanes of at least 4 members (excludes halogenated alkanes) is 3. The first-order valence-electron chi connectivity index (χ1n) is 8.22. The van der Waals surface area contributed by atoms with Gasteiger partial charge in [-0.05, 0) is 50.3 Å². The lowest BCUT2D eigenvalue weighted by atomic mass is 10.1. The highest BCUT2D eigenvalue weighted by molar-refractivity contribution is 5.27. The van der Waals surface area contributed by atoms with Crippen LogP contribution in [0.3, 0.4) is 0 Å². The van der Waals surface area contributed by atoms with Crippen LogP contribution in [-0.4, -0.2) is 18.8 Å². The standard InChI is InChI=1S/C19H28O2/c1-3-4-5-6-7-8-9-10-17-11-13-18(14-12-17)20-15-19(2)16-21-19/h7-8,11-14H,3-6,9-10,15-16H2,1-2H3/b8-7+. The van der Waals surface area contributed by atoms with E-state index < -0.39 is 0 Å². The molecule has 1 saturated heterocycles. The molecule has 0 radical (unpaired) electrons. The third kappa shape index (κ3) is 6.34. The summed E-state index contributed by atoms with van der Waals surface area (Å²) in [6, 6.07) is 8.45. The van der Waals surface area contributed by atoms with Crippen LogP contribution in [0, 0.1) is 0 Å². The van der Waals surface area contributed by atoms with Crippen LogP contribution in [-0.2, 0) is 11.2 Å². The van der Waals surface area contributed by atoms with Crippen LogP contribution < -0.4 is 4.74 Å². The summed E-state index contributed by atoms with van der Waals surface area (Å²) in [6.07, 6.45) is 12.0. The molecular formula is C19H28O2. The van der Waals surface area contributed by atoms with Crippen LogP contribution in [0.15, 0.2) is 36.4 Å². The van der Waals surface area contributed by atoms with Gasteiger partial charge in [0.1, 0.15) is 18.0 Å². The van der Waals surface area contributed by atoms with E-state index in [9.17, 15) is 0 Å². The number of ether oxygens (including phenoxy) is 2. The second kappa shape index (κ2) is 8.23. The van der Waals surface area contributed by atoms with E-state index in [0.717, 1.165) is 25.2 Å². The fraction of sp³-hybridized carbons (Fsp3) is 0.579. The molecule has 21 heavy (non-hydrogen) atoms. The molecule has 1 atom stereocenters. The predicted molar refractivity (Wildman–Crippen MR) is 87.9 cm³/mol. The van der Waals surface area contributed by atoms with Crippen LogP contribution in [0.4, 0.5) is 0 Å². The molecule has 1 fully saturated rings. The number of hydrogen-bond acceptors (Lipinski definition) is 2. The maximum absolute atomic E-state index is 5.73. The number of hydrogen-bond donors (Lipinski definition) is 0. The average molecular weight is 288 g/mol. The van der Waals surface area contributed by atoms with E-state index in [-0.39, 0.29) is 5.60 Å². The molecule has 1 heterocycles. The van der Waals surface area contributed by atoms with Gasteiger partial charge in [-0.25, -0.2) is 0 Å². The fourth-order valence-corrected chi connectivity index (χ4v) is 2.19. The topological polar surface area (TPSA) is 21.8 Å². The Morgan fingerprint density at radius 2 is 1.86 bits per heavy atom. The number of rotatable bonds is 10. The molecule has 1 aliphatic rings. The van der Waals surface area contributed by atoms with Gasteiger partial charge in [-0.15, -0.1) is 0 Å². The number of benzene rings is 1. The molecule has 0 bridgehead atoms. The average Bonchev–Trinajstić information content (AvgIpc) is 3.24. The predicted octanol–water partition coefficient (Wildman–Crippen LogP) is 4.92. The number of aryl methyl sites for hydroxylation is 1. The van der Waals surface area contributed by atoms with Gasteiger partial charge in [-0.1, -0.05) is 44.1 Å². The Kier molecular flexibility index (Phi) is 6.31. The molecule has 0 amide bonds. The fourth-order valence-electron chi connectivity index (χ4n) is 2.19. The van der Waals surface area contributed by atoms with Gasteiger partial charge < -0.3 is 9.47 Å². The van der Waals surface area contributed by atoms with E-state index in [1.165, 1.54) is 31.2 Å². The second-order valence-electron chi connectivity index (χ2n) is 6.18. The molecule has 1 aliphatic heterocycles. The Bertz CT molecular complexity index is 429. The Balaban J connectivity index is 1.62. The van der Waals surface area contributed by atoms with Crippen molar-refractivity contribution in [2.75, 3.05) is 13.2 Å². The van der Waals surface area contributed by atoms with Gasteiger partial charge in [-0.3, -0.25) is 0 Å². The lowest BCUT2D eigenvalue weighted by Crippen LogP contribution is -2.16. The normalized spacial score (nSPS) is 20.9. The van der Waals surface area contributed by atoms with Gasteiger partial charge in [-0.2, -0.15) is 0 Å². The molecule has 0 spiro atoms. The molecule has 1 unspecified atom stereocenters. The van der Waals surface area contributed by atoms with Crippen LogP contribution in [0.2, 0.25) is 0 Å². The largest absolute Gasteiger partial charge is 0.491 e. The van der Waals surface area contributed by atoms with Crippen LogP contribution >= 0.6 is 0 Å². The van der Waals surface area contributed by atoms with Crippen molar-refractivity contribution in [3.63, 3.8) is 0 Å². The maximum atomic E-state index is 5.73. The lowest BCUT2D eigenvalue weighted by Gasteiger charge is -2.09. The van der Waals surface area contributed by atoms with E-state index in [1.54, 1.807) is 0 Å². The van der Waals surface area contributed by atoms with Crippen molar-refractivity contribution < 1.29 is 9.47 Å². The minimum atomic E-state index is -0.0404. The molecular weight excluding hydrogens is 260 g/mol. The molecule has 1 aromatic rings. The summed E-state index contributed by atoms with van der Waals surface area (Å²) in [7, 11) is 0. The van der Waals surface area contributed by atoms with Crippen molar-refractivity contribution in [1.29, 1.82) is 0 Å². The molecule has 2 nitrogen and oxygen atoms in total. The Morgan fingerprint density at radius 3 is 2.52 bits per heavy atom. The smallest absolute Gasteiger partial charge is 0.123 e. The van der Waals surface area contributed by atoms with E-state index in [4.69, 9.17) is 9.47 Å². The van der Waals surface area contributed by atoms with Crippen molar-refractivity contribution in [3.8, 4) is 5.75 Å². The molecule has 0 aliphatic carbocycles. The minimum absolute atomic E-state index is 0.0404. The Morgan fingerprint density at radius 1 is 1.14 bits per heavy atom. The number of epoxide rings is 1. The molecule has 2 heteroatoms. The summed E-state index contributed by atoms with van der Waals surface area (Å²) >= 11 is 0. The molecule has 0 N–H and O–H groups in total. The first kappa shape index (κ1) is 16.1. The van der Waals surface area contributed by atoms with E-state index in [2.05, 4.69) is 50.3 Å². The Labute approximate surface area is 129 Å². The van der Waals surface area contributed by atoms with Gasteiger partial charge in [0, 0.05) is 0 Å². The zero-order valence-corrected chi connectivity index (χ0v) is 13.4. The SMILES string of the molecule is CCCCC/C=C/CCc1ccc(OCC2(C)CO2)cc1. The monoisotopic (exact) mass is 288 g/mol. The summed E-state index contributed by atoms with van der Waals surface area (Å²) < 4.78 is 11.0. The molecule has 1 aromatic carbocycles. The molecule has 0 saturated carbocycles. The highest BCUT2D eigenvalue weighted by Crippen LogP contribution is 2.27. The van der Waals surface area contributed by atoms with Crippen LogP contribution in [0.1, 0.15) is 51.5 Å². The quantitative estimate of drug-likeness (QED) is 0.346. The first-order chi connectivity index (χ1) is 10.2. The van der Waals surface area contributed by atoms with Crippen molar-refractivity contribution in [3.05, 3.63) is 42.0 Å². The van der Waals surface area contributed by atoms with E-state index in [1.807, 2.05) is 0 Å². The van der Waals surface area contributed by atoms with E-state index in [0.29, 0.717) is 6.61 Å². The van der Waals surface area contributed by atoms with Crippen molar-refractivity contribution in [2.45, 2.75) is 58.0 Å². The Hall–Kier alpha value is -1.28. The second-order valence-corrected chi connectivity index (χ2v) is 6.18. The maximum Gasteiger partial charge on any atom is 0.123 e. The van der Waals surface area contributed by atoms with Gasteiger partial charge in [0.2, 0.25) is 0 Å². The zero-order chi connectivity index (χ0) is 15.0. The van der Waals surface area contributed by atoms with Gasteiger partial charge in [0.15, 0.2) is 0 Å². The third-order valence-electron chi connectivity index (χ3n) is 3.85. The highest BCUT2D eigenvalue weighted by Gasteiger charge is 2.40. The van der Waals surface area contributed by atoms with Gasteiger partial charge >= 0.3 is 0 Å². The van der Waals surface area contributed by atoms with Crippen LogP contribution in [0.5, 0.6) is 5.75 Å². The van der Waals surface area contributed by atoms with Crippen molar-refractivity contribution >= 4 is 0 Å². The molecule has 116 valence electrons. The van der Waals surface area contributed by atoms with Crippen molar-refractivity contribution in [2.24, 2.45) is 0 Å².